The molecule has 2 aromatic carbocycles. The van der Waals surface area contributed by atoms with E-state index in [0.29, 0.717) is 41.2 Å². The number of benzene rings is 2. The fraction of sp³-hybridized carbons (Fsp3) is 0.208. The second kappa shape index (κ2) is 8.49. The molecule has 11 heteroatoms. The minimum absolute atomic E-state index is 0.285. The van der Waals surface area contributed by atoms with Gasteiger partial charge in [0.05, 0.1) is 24.3 Å². The molecule has 178 valence electrons. The van der Waals surface area contributed by atoms with E-state index in [1.54, 1.807) is 37.7 Å². The van der Waals surface area contributed by atoms with Gasteiger partial charge in [-0.25, -0.2) is 0 Å². The first-order valence-corrected chi connectivity index (χ1v) is 10.7. The van der Waals surface area contributed by atoms with Gasteiger partial charge in [0.15, 0.2) is 0 Å². The maximum absolute atomic E-state index is 13.2. The van der Waals surface area contributed by atoms with Gasteiger partial charge in [0.2, 0.25) is 11.7 Å². The molecule has 0 aliphatic heterocycles. The standard InChI is InChI=1S/C24H19F3N6O2/c1-35-18-10-14(12-28-13-18)19-7-6-17(11-20(19)21-30-32-33-31-21)29-22(34)23(8-9-23)15-2-4-16(5-3-15)24(25,26)27/h2-7,10-13H,8-9H2,1H3,(H,29,34)(H,30,31,32,33). The first kappa shape index (κ1) is 22.5. The summed E-state index contributed by atoms with van der Waals surface area (Å²) in [5, 5.41) is 17.1. The number of hydrogen-bond acceptors (Lipinski definition) is 6. The second-order valence-corrected chi connectivity index (χ2v) is 8.22. The van der Waals surface area contributed by atoms with Gasteiger partial charge in [0.25, 0.3) is 0 Å². The van der Waals surface area contributed by atoms with Gasteiger partial charge in [-0.2, -0.15) is 18.4 Å². The first-order valence-electron chi connectivity index (χ1n) is 10.7. The van der Waals surface area contributed by atoms with E-state index < -0.39 is 17.2 Å². The third-order valence-electron chi connectivity index (χ3n) is 6.07. The number of amides is 1. The van der Waals surface area contributed by atoms with Gasteiger partial charge in [-0.3, -0.25) is 9.78 Å². The first-order chi connectivity index (χ1) is 16.8. The zero-order valence-corrected chi connectivity index (χ0v) is 18.4. The molecule has 0 spiro atoms. The Labute approximate surface area is 197 Å². The quantitative estimate of drug-likeness (QED) is 0.417. The number of rotatable bonds is 6. The summed E-state index contributed by atoms with van der Waals surface area (Å²) in [5.41, 5.74) is 1.56. The Morgan fingerprint density at radius 3 is 2.46 bits per heavy atom. The van der Waals surface area contributed by atoms with Crippen LogP contribution < -0.4 is 10.1 Å². The zero-order valence-electron chi connectivity index (χ0n) is 18.4. The summed E-state index contributed by atoms with van der Waals surface area (Å²) in [6.07, 6.45) is -0.0695. The molecule has 0 radical (unpaired) electrons. The van der Waals surface area contributed by atoms with Crippen molar-refractivity contribution >= 4 is 11.6 Å². The summed E-state index contributed by atoms with van der Waals surface area (Å²) in [4.78, 5) is 17.4. The molecular weight excluding hydrogens is 461 g/mol. The lowest BCUT2D eigenvalue weighted by Gasteiger charge is -2.18. The third-order valence-corrected chi connectivity index (χ3v) is 6.07. The number of nitrogens with one attached hydrogen (secondary N) is 2. The van der Waals surface area contributed by atoms with Gasteiger partial charge in [0.1, 0.15) is 5.75 Å². The van der Waals surface area contributed by atoms with E-state index in [2.05, 4.69) is 30.9 Å². The lowest BCUT2D eigenvalue weighted by atomic mass is 9.93. The van der Waals surface area contributed by atoms with Gasteiger partial charge in [-0.1, -0.05) is 18.2 Å². The highest BCUT2D eigenvalue weighted by Crippen LogP contribution is 2.49. The highest BCUT2D eigenvalue weighted by atomic mass is 19.4. The number of carbonyl (C=O) groups excluding carboxylic acids is 1. The van der Waals surface area contributed by atoms with Crippen molar-refractivity contribution in [2.45, 2.75) is 24.4 Å². The zero-order chi connectivity index (χ0) is 24.6. The molecule has 8 nitrogen and oxygen atoms in total. The monoisotopic (exact) mass is 480 g/mol. The van der Waals surface area contributed by atoms with Crippen LogP contribution in [0.4, 0.5) is 18.9 Å². The number of ether oxygens (including phenoxy) is 1. The Morgan fingerprint density at radius 1 is 1.06 bits per heavy atom. The summed E-state index contributed by atoms with van der Waals surface area (Å²) >= 11 is 0. The number of anilines is 1. The molecule has 35 heavy (non-hydrogen) atoms. The average molecular weight is 480 g/mol. The molecule has 1 amide bonds. The Balaban J connectivity index is 1.45. The van der Waals surface area contributed by atoms with Crippen molar-refractivity contribution in [3.63, 3.8) is 0 Å². The highest BCUT2D eigenvalue weighted by Gasteiger charge is 2.51. The van der Waals surface area contributed by atoms with Crippen molar-refractivity contribution < 1.29 is 22.7 Å². The number of tetrazole rings is 1. The molecule has 0 unspecified atom stereocenters. The van der Waals surface area contributed by atoms with E-state index in [4.69, 9.17) is 4.74 Å². The number of carbonyl (C=O) groups is 1. The molecule has 0 bridgehead atoms. The topological polar surface area (TPSA) is 106 Å². The number of hydrogen-bond donors (Lipinski definition) is 2. The van der Waals surface area contributed by atoms with Crippen LogP contribution in [-0.4, -0.2) is 38.6 Å². The number of H-pyrrole nitrogens is 1. The lowest BCUT2D eigenvalue weighted by molar-refractivity contribution is -0.137. The van der Waals surface area contributed by atoms with Crippen LogP contribution in [0.25, 0.3) is 22.5 Å². The number of halogens is 3. The summed E-state index contributed by atoms with van der Waals surface area (Å²) in [6.45, 7) is 0. The molecule has 1 fully saturated rings. The molecule has 0 saturated heterocycles. The molecule has 1 aliphatic carbocycles. The van der Waals surface area contributed by atoms with E-state index in [-0.39, 0.29) is 5.91 Å². The SMILES string of the molecule is COc1cncc(-c2ccc(NC(=O)C3(c4ccc(C(F)(F)F)cc4)CC3)cc2-c2nn[nH]n2)c1. The van der Waals surface area contributed by atoms with Crippen LogP contribution in [0.3, 0.4) is 0 Å². The minimum Gasteiger partial charge on any atom is -0.495 e. The lowest BCUT2D eigenvalue weighted by Crippen LogP contribution is -2.28. The molecule has 4 aromatic rings. The Morgan fingerprint density at radius 2 is 1.83 bits per heavy atom. The van der Waals surface area contributed by atoms with Gasteiger partial charge < -0.3 is 10.1 Å². The molecule has 2 N–H and O–H groups in total. The maximum Gasteiger partial charge on any atom is 0.416 e. The number of methoxy groups -OCH3 is 1. The summed E-state index contributed by atoms with van der Waals surface area (Å²) in [5.74, 6) is 0.612. The molecular formula is C24H19F3N6O2. The normalized spacial score (nSPS) is 14.4. The van der Waals surface area contributed by atoms with Gasteiger partial charge >= 0.3 is 6.18 Å². The second-order valence-electron chi connectivity index (χ2n) is 8.22. The minimum atomic E-state index is -4.43. The fourth-order valence-corrected chi connectivity index (χ4v) is 4.01. The Bertz CT molecular complexity index is 1370. The summed E-state index contributed by atoms with van der Waals surface area (Å²) in [7, 11) is 1.55. The van der Waals surface area contributed by atoms with E-state index in [0.717, 1.165) is 23.3 Å². The van der Waals surface area contributed by atoms with Crippen molar-refractivity contribution in [3.05, 3.63) is 72.1 Å². The van der Waals surface area contributed by atoms with Crippen LogP contribution in [0.5, 0.6) is 5.75 Å². The number of alkyl halides is 3. The predicted octanol–water partition coefficient (Wildman–Crippen LogP) is 4.63. The van der Waals surface area contributed by atoms with Crippen LogP contribution in [0.1, 0.15) is 24.0 Å². The maximum atomic E-state index is 13.2. The summed E-state index contributed by atoms with van der Waals surface area (Å²) in [6, 6.07) is 11.8. The van der Waals surface area contributed by atoms with Crippen LogP contribution in [0.2, 0.25) is 0 Å². The third kappa shape index (κ3) is 4.32. The van der Waals surface area contributed by atoms with E-state index in [9.17, 15) is 18.0 Å². The molecule has 2 heterocycles. The summed E-state index contributed by atoms with van der Waals surface area (Å²) < 4.78 is 44.0. The molecule has 5 rings (SSSR count). The van der Waals surface area contributed by atoms with Crippen molar-refractivity contribution in [1.82, 2.24) is 25.6 Å². The van der Waals surface area contributed by atoms with Crippen molar-refractivity contribution in [3.8, 4) is 28.3 Å². The molecule has 2 aromatic heterocycles. The van der Waals surface area contributed by atoms with E-state index >= 15 is 0 Å². The van der Waals surface area contributed by atoms with Crippen LogP contribution in [-0.2, 0) is 16.4 Å². The van der Waals surface area contributed by atoms with Crippen molar-refractivity contribution in [2.24, 2.45) is 0 Å². The number of aromatic nitrogens is 5. The Hall–Kier alpha value is -4.28. The van der Waals surface area contributed by atoms with Crippen molar-refractivity contribution in [2.75, 3.05) is 12.4 Å². The molecule has 0 atom stereocenters. The van der Waals surface area contributed by atoms with Gasteiger partial charge in [-0.05, 0) is 59.5 Å². The molecule has 1 saturated carbocycles. The number of nitrogens with zero attached hydrogens (tertiary/aromatic N) is 4. The largest absolute Gasteiger partial charge is 0.495 e. The van der Waals surface area contributed by atoms with Crippen LogP contribution in [0, 0.1) is 0 Å². The van der Waals surface area contributed by atoms with Gasteiger partial charge in [-0.15, -0.1) is 10.2 Å². The smallest absolute Gasteiger partial charge is 0.416 e. The number of pyridine rings is 1. The van der Waals surface area contributed by atoms with Crippen LogP contribution in [0.15, 0.2) is 60.9 Å². The fourth-order valence-electron chi connectivity index (χ4n) is 4.01. The Kier molecular flexibility index (Phi) is 5.46. The number of aromatic amines is 1. The van der Waals surface area contributed by atoms with E-state index in [1.165, 1.54) is 12.1 Å². The van der Waals surface area contributed by atoms with E-state index in [1.807, 2.05) is 6.07 Å². The average Bonchev–Trinajstić information content (AvgIpc) is 3.50. The van der Waals surface area contributed by atoms with Crippen LogP contribution >= 0.6 is 0 Å². The van der Waals surface area contributed by atoms with Gasteiger partial charge in [0, 0.05) is 23.0 Å². The highest BCUT2D eigenvalue weighted by molar-refractivity contribution is 6.02. The van der Waals surface area contributed by atoms with Crippen molar-refractivity contribution in [1.29, 1.82) is 0 Å². The predicted molar refractivity (Wildman–Crippen MR) is 120 cm³/mol. The molecule has 1 aliphatic rings.